The number of hydrogen-bond donors (Lipinski definition) is 1. The van der Waals surface area contributed by atoms with E-state index in [1.807, 2.05) is 6.07 Å². The van der Waals surface area contributed by atoms with Crippen LogP contribution in [-0.4, -0.2) is 11.9 Å². The van der Waals surface area contributed by atoms with Gasteiger partial charge in [-0.15, -0.1) is 0 Å². The molecule has 1 aromatic rings. The minimum atomic E-state index is -4.68. The van der Waals surface area contributed by atoms with Gasteiger partial charge in [-0.25, -0.2) is 4.39 Å². The number of alkyl halides is 3. The first-order valence-electron chi connectivity index (χ1n) is 6.28. The summed E-state index contributed by atoms with van der Waals surface area (Å²) in [6.45, 7) is 1.46. The van der Waals surface area contributed by atoms with Crippen molar-refractivity contribution in [1.29, 1.82) is 5.26 Å². The highest BCUT2D eigenvalue weighted by Crippen LogP contribution is 2.49. The van der Waals surface area contributed by atoms with Crippen LogP contribution in [0, 0.1) is 17.1 Å². The van der Waals surface area contributed by atoms with Gasteiger partial charge >= 0.3 is 6.18 Å². The fraction of sp³-hybridized carbons (Fsp3) is 0.429. The Morgan fingerprint density at radius 2 is 2.00 bits per heavy atom. The third-order valence-electron chi connectivity index (χ3n) is 3.50. The molecular formula is C14H12F4N2O. The lowest BCUT2D eigenvalue weighted by Gasteiger charge is -2.18. The quantitative estimate of drug-likeness (QED) is 0.873. The van der Waals surface area contributed by atoms with Gasteiger partial charge in [-0.1, -0.05) is 0 Å². The van der Waals surface area contributed by atoms with Crippen LogP contribution in [0.3, 0.4) is 0 Å². The van der Waals surface area contributed by atoms with Crippen molar-refractivity contribution in [2.24, 2.45) is 0 Å². The zero-order valence-corrected chi connectivity index (χ0v) is 11.1. The van der Waals surface area contributed by atoms with Gasteiger partial charge < -0.3 is 5.32 Å². The smallest absolute Gasteiger partial charge is 0.340 e. The molecule has 1 N–H and O–H groups in total. The first-order valence-corrected chi connectivity index (χ1v) is 6.28. The van der Waals surface area contributed by atoms with Gasteiger partial charge in [0.05, 0.1) is 17.0 Å². The predicted molar refractivity (Wildman–Crippen MR) is 65.5 cm³/mol. The van der Waals surface area contributed by atoms with Gasteiger partial charge in [0.25, 0.3) is 0 Å². The number of rotatable bonds is 3. The minimum absolute atomic E-state index is 0.00235. The highest BCUT2D eigenvalue weighted by Gasteiger charge is 2.52. The molecule has 0 heterocycles. The van der Waals surface area contributed by atoms with Crippen molar-refractivity contribution >= 4 is 5.91 Å². The number of carbonyl (C=O) groups is 1. The van der Waals surface area contributed by atoms with Gasteiger partial charge in [-0.2, -0.15) is 18.4 Å². The van der Waals surface area contributed by atoms with E-state index in [0.29, 0.717) is 18.9 Å². The van der Waals surface area contributed by atoms with Crippen LogP contribution in [0.5, 0.6) is 0 Å². The zero-order valence-electron chi connectivity index (χ0n) is 11.1. The average Bonchev–Trinajstić information content (AvgIpc) is 3.18. The average molecular weight is 300 g/mol. The molecule has 0 aromatic heterocycles. The summed E-state index contributed by atoms with van der Waals surface area (Å²) in [5.41, 5.74) is -2.28. The predicted octanol–water partition coefficient (Wildman–Crippen LogP) is 2.90. The van der Waals surface area contributed by atoms with Crippen LogP contribution in [0.1, 0.15) is 30.9 Å². The molecular weight excluding hydrogens is 288 g/mol. The maximum Gasteiger partial charge on any atom is 0.416 e. The van der Waals surface area contributed by atoms with Crippen LogP contribution in [0.15, 0.2) is 18.2 Å². The lowest BCUT2D eigenvalue weighted by molar-refractivity contribution is -0.138. The van der Waals surface area contributed by atoms with Crippen LogP contribution in [0.2, 0.25) is 0 Å². The van der Waals surface area contributed by atoms with E-state index in [2.05, 4.69) is 5.32 Å². The Labute approximate surface area is 118 Å². The summed E-state index contributed by atoms with van der Waals surface area (Å²) in [4.78, 5) is 12.1. The Morgan fingerprint density at radius 1 is 1.38 bits per heavy atom. The van der Waals surface area contributed by atoms with Crippen LogP contribution < -0.4 is 5.32 Å². The molecule has 1 aliphatic rings. The number of nitrogens with zero attached hydrogens (tertiary/aromatic N) is 1. The summed E-state index contributed by atoms with van der Waals surface area (Å²) in [6, 6.07) is 3.19. The van der Waals surface area contributed by atoms with Crippen molar-refractivity contribution in [3.63, 3.8) is 0 Å². The molecule has 2 rings (SSSR count). The highest BCUT2D eigenvalue weighted by atomic mass is 19.4. The maximum absolute atomic E-state index is 13.4. The standard InChI is InChI=1S/C14H12F4N2O/c1-8(7-19)20-12(21)13(2-3-13)9-4-10(14(16,17)18)6-11(15)5-9/h4-6,8H,2-3H2,1H3,(H,20,21). The van der Waals surface area contributed by atoms with Crippen LogP contribution in [-0.2, 0) is 16.4 Å². The summed E-state index contributed by atoms with van der Waals surface area (Å²) >= 11 is 0. The third kappa shape index (κ3) is 2.99. The molecule has 112 valence electrons. The van der Waals surface area contributed by atoms with E-state index >= 15 is 0 Å². The van der Waals surface area contributed by atoms with Crippen molar-refractivity contribution in [2.45, 2.75) is 37.4 Å². The van der Waals surface area contributed by atoms with E-state index in [1.165, 1.54) is 6.92 Å². The van der Waals surface area contributed by atoms with Crippen LogP contribution >= 0.6 is 0 Å². The fourth-order valence-electron chi connectivity index (χ4n) is 2.17. The molecule has 0 spiro atoms. The van der Waals surface area contributed by atoms with Gasteiger partial charge in [0.2, 0.25) is 5.91 Å². The van der Waals surface area contributed by atoms with Gasteiger partial charge in [0.1, 0.15) is 11.9 Å². The van der Waals surface area contributed by atoms with E-state index in [1.54, 1.807) is 0 Å². The first-order chi connectivity index (χ1) is 9.69. The lowest BCUT2D eigenvalue weighted by Crippen LogP contribution is -2.39. The molecule has 1 amide bonds. The van der Waals surface area contributed by atoms with E-state index in [-0.39, 0.29) is 5.56 Å². The Bertz CT molecular complexity index is 614. The molecule has 0 aliphatic heterocycles. The number of nitrogens with one attached hydrogen (secondary N) is 1. The van der Waals surface area contributed by atoms with E-state index < -0.39 is 34.9 Å². The zero-order chi connectivity index (χ0) is 15.8. The molecule has 7 heteroatoms. The molecule has 0 saturated heterocycles. The van der Waals surface area contributed by atoms with Gasteiger partial charge in [0.15, 0.2) is 0 Å². The molecule has 21 heavy (non-hydrogen) atoms. The maximum atomic E-state index is 13.4. The number of halogens is 4. The second kappa shape index (κ2) is 5.02. The molecule has 1 aromatic carbocycles. The minimum Gasteiger partial charge on any atom is -0.340 e. The number of hydrogen-bond acceptors (Lipinski definition) is 2. The van der Waals surface area contributed by atoms with E-state index in [0.717, 1.165) is 12.1 Å². The highest BCUT2D eigenvalue weighted by molar-refractivity contribution is 5.91. The van der Waals surface area contributed by atoms with Gasteiger partial charge in [-0.05, 0) is 43.5 Å². The summed E-state index contributed by atoms with van der Waals surface area (Å²) in [5, 5.41) is 11.1. The molecule has 3 nitrogen and oxygen atoms in total. The SMILES string of the molecule is CC(C#N)NC(=O)C1(c2cc(F)cc(C(F)(F)F)c2)CC1. The van der Waals surface area contributed by atoms with Crippen molar-refractivity contribution in [3.8, 4) is 6.07 Å². The van der Waals surface area contributed by atoms with Gasteiger partial charge in [-0.3, -0.25) is 4.79 Å². The molecule has 0 bridgehead atoms. The Morgan fingerprint density at radius 3 is 2.48 bits per heavy atom. The Balaban J connectivity index is 2.36. The number of nitriles is 1. The topological polar surface area (TPSA) is 52.9 Å². The largest absolute Gasteiger partial charge is 0.416 e. The molecule has 1 unspecified atom stereocenters. The van der Waals surface area contributed by atoms with Crippen LogP contribution in [0.25, 0.3) is 0 Å². The normalized spacial score (nSPS) is 17.7. The van der Waals surface area contributed by atoms with Crippen molar-refractivity contribution in [2.75, 3.05) is 0 Å². The molecule has 1 atom stereocenters. The summed E-state index contributed by atoms with van der Waals surface area (Å²) in [7, 11) is 0. The second-order valence-corrected chi connectivity index (χ2v) is 5.13. The monoisotopic (exact) mass is 300 g/mol. The van der Waals surface area contributed by atoms with Crippen molar-refractivity contribution in [3.05, 3.63) is 35.1 Å². The molecule has 1 aliphatic carbocycles. The number of carbonyl (C=O) groups excluding carboxylic acids is 1. The third-order valence-corrected chi connectivity index (χ3v) is 3.50. The summed E-state index contributed by atoms with van der Waals surface area (Å²) in [6.07, 6.45) is -4.02. The summed E-state index contributed by atoms with van der Waals surface area (Å²) < 4.78 is 51.6. The Kier molecular flexibility index (Phi) is 3.66. The number of amides is 1. The second-order valence-electron chi connectivity index (χ2n) is 5.13. The molecule has 0 radical (unpaired) electrons. The van der Waals surface area contributed by atoms with E-state index in [4.69, 9.17) is 5.26 Å². The lowest BCUT2D eigenvalue weighted by atomic mass is 9.92. The fourth-order valence-corrected chi connectivity index (χ4v) is 2.17. The van der Waals surface area contributed by atoms with Gasteiger partial charge in [0, 0.05) is 0 Å². The number of benzene rings is 1. The molecule has 1 fully saturated rings. The van der Waals surface area contributed by atoms with E-state index in [9.17, 15) is 22.4 Å². The van der Waals surface area contributed by atoms with Crippen LogP contribution in [0.4, 0.5) is 17.6 Å². The van der Waals surface area contributed by atoms with Crippen molar-refractivity contribution < 1.29 is 22.4 Å². The Hall–Kier alpha value is -2.10. The molecule has 1 saturated carbocycles. The summed E-state index contributed by atoms with van der Waals surface area (Å²) in [5.74, 6) is -1.58. The van der Waals surface area contributed by atoms with Crippen molar-refractivity contribution in [1.82, 2.24) is 5.32 Å². The first kappa shape index (κ1) is 15.3.